The minimum atomic E-state index is -0.963. The Labute approximate surface area is 88.3 Å². The summed E-state index contributed by atoms with van der Waals surface area (Å²) in [5.74, 6) is -1.00. The van der Waals surface area contributed by atoms with Gasteiger partial charge in [-0.3, -0.25) is 10.2 Å². The highest BCUT2D eigenvalue weighted by Crippen LogP contribution is 1.78. The number of aliphatic carboxylic acids is 1. The lowest BCUT2D eigenvalue weighted by atomic mass is 10.4. The minimum absolute atomic E-state index is 0.0509. The van der Waals surface area contributed by atoms with Gasteiger partial charge in [0, 0.05) is 14.1 Å². The Morgan fingerprint density at radius 1 is 1.47 bits per heavy atom. The number of rotatable bonds is 1. The lowest BCUT2D eigenvalue weighted by Crippen LogP contribution is -2.28. The standard InChI is InChI=1S/C4H11N5.C3H7NO2/c1-9(2)4(7)8-3(5)6;1-2(4)3(5)6/h1-2H3,(H5,5,6,7,8);2H,4H2,1H3,(H,5,6). The largest absolute Gasteiger partial charge is 0.480 e. The summed E-state index contributed by atoms with van der Waals surface area (Å²) in [5, 5.41) is 14.9. The van der Waals surface area contributed by atoms with Crippen LogP contribution in [0.25, 0.3) is 0 Å². The summed E-state index contributed by atoms with van der Waals surface area (Å²) < 4.78 is 0. The van der Waals surface area contributed by atoms with E-state index in [2.05, 4.69) is 4.99 Å². The van der Waals surface area contributed by atoms with E-state index >= 15 is 0 Å². The molecule has 0 saturated heterocycles. The van der Waals surface area contributed by atoms with Crippen LogP contribution in [-0.4, -0.2) is 48.0 Å². The van der Waals surface area contributed by atoms with Crippen molar-refractivity contribution in [1.29, 1.82) is 5.41 Å². The zero-order chi connectivity index (χ0) is 12.6. The van der Waals surface area contributed by atoms with Gasteiger partial charge in [-0.25, -0.2) is 0 Å². The number of carbonyl (C=O) groups is 1. The first kappa shape index (κ1) is 15.6. The molecular weight excluding hydrogens is 200 g/mol. The first-order chi connectivity index (χ1) is 6.68. The van der Waals surface area contributed by atoms with Crippen molar-refractivity contribution in [2.24, 2.45) is 22.2 Å². The van der Waals surface area contributed by atoms with Crippen molar-refractivity contribution in [2.75, 3.05) is 14.1 Å². The molecule has 0 radical (unpaired) electrons. The first-order valence-electron chi connectivity index (χ1n) is 4.02. The van der Waals surface area contributed by atoms with Gasteiger partial charge in [0.2, 0.25) is 5.96 Å². The maximum Gasteiger partial charge on any atom is 0.320 e. The molecule has 0 aliphatic heterocycles. The second-order valence-electron chi connectivity index (χ2n) is 2.88. The molecule has 0 aromatic rings. The van der Waals surface area contributed by atoms with E-state index < -0.39 is 12.0 Å². The summed E-state index contributed by atoms with van der Waals surface area (Å²) in [6.07, 6.45) is 0. The average Bonchev–Trinajstić information content (AvgIpc) is 2.03. The van der Waals surface area contributed by atoms with E-state index in [0.29, 0.717) is 0 Å². The summed E-state index contributed by atoms with van der Waals surface area (Å²) in [4.78, 5) is 14.5. The molecule has 88 valence electrons. The molecular formula is C7H18N6O2. The van der Waals surface area contributed by atoms with Crippen molar-refractivity contribution in [3.8, 4) is 0 Å². The highest BCUT2D eigenvalue weighted by Gasteiger charge is 1.99. The van der Waals surface area contributed by atoms with Gasteiger partial charge in [-0.1, -0.05) is 0 Å². The third-order valence-electron chi connectivity index (χ3n) is 1.05. The molecule has 0 aliphatic rings. The molecule has 0 saturated carbocycles. The van der Waals surface area contributed by atoms with Gasteiger partial charge in [0.15, 0.2) is 5.96 Å². The van der Waals surface area contributed by atoms with Gasteiger partial charge in [0.1, 0.15) is 6.04 Å². The van der Waals surface area contributed by atoms with Crippen LogP contribution in [-0.2, 0) is 4.79 Å². The molecule has 8 N–H and O–H groups in total. The smallest absolute Gasteiger partial charge is 0.320 e. The lowest BCUT2D eigenvalue weighted by molar-refractivity contribution is -0.138. The van der Waals surface area contributed by atoms with Crippen LogP contribution in [0.5, 0.6) is 0 Å². The Morgan fingerprint density at radius 2 is 1.80 bits per heavy atom. The fourth-order valence-corrected chi connectivity index (χ4v) is 0.222. The summed E-state index contributed by atoms with van der Waals surface area (Å²) in [7, 11) is 3.38. The van der Waals surface area contributed by atoms with Crippen LogP contribution in [0.2, 0.25) is 0 Å². The van der Waals surface area contributed by atoms with E-state index in [-0.39, 0.29) is 11.9 Å². The molecule has 0 amide bonds. The topological polar surface area (TPSA) is 155 Å². The molecule has 0 bridgehead atoms. The Balaban J connectivity index is 0. The zero-order valence-electron chi connectivity index (χ0n) is 9.06. The minimum Gasteiger partial charge on any atom is -0.480 e. The number of aliphatic imine (C=N–C) groups is 1. The van der Waals surface area contributed by atoms with Gasteiger partial charge in [-0.2, -0.15) is 4.99 Å². The van der Waals surface area contributed by atoms with E-state index in [1.807, 2.05) is 0 Å². The predicted octanol–water partition coefficient (Wildman–Crippen LogP) is -1.83. The van der Waals surface area contributed by atoms with Gasteiger partial charge in [-0.15, -0.1) is 0 Å². The van der Waals surface area contributed by atoms with Gasteiger partial charge in [-0.05, 0) is 6.92 Å². The number of nitrogens with zero attached hydrogens (tertiary/aromatic N) is 2. The van der Waals surface area contributed by atoms with Crippen molar-refractivity contribution < 1.29 is 9.90 Å². The number of hydrogen-bond acceptors (Lipinski definition) is 3. The maximum atomic E-state index is 9.57. The number of nitrogens with one attached hydrogen (secondary N) is 1. The SMILES string of the molecule is CC(N)C(=O)O.CN(C)C(=N)N=C(N)N. The molecule has 15 heavy (non-hydrogen) atoms. The molecule has 0 spiro atoms. The molecule has 0 fully saturated rings. The van der Waals surface area contributed by atoms with Crippen LogP contribution in [0.1, 0.15) is 6.92 Å². The molecule has 0 aromatic heterocycles. The van der Waals surface area contributed by atoms with Crippen molar-refractivity contribution in [2.45, 2.75) is 13.0 Å². The number of hydrogen-bond donors (Lipinski definition) is 5. The number of carboxylic acid groups (broad SMARTS) is 1. The van der Waals surface area contributed by atoms with Gasteiger partial charge >= 0.3 is 5.97 Å². The maximum absolute atomic E-state index is 9.57. The Hall–Kier alpha value is -1.83. The highest BCUT2D eigenvalue weighted by molar-refractivity contribution is 5.91. The molecule has 0 rings (SSSR count). The van der Waals surface area contributed by atoms with Crippen LogP contribution in [0.4, 0.5) is 0 Å². The summed E-state index contributed by atoms with van der Waals surface area (Å²) in [6.45, 7) is 1.42. The normalized spacial score (nSPS) is 10.4. The van der Waals surface area contributed by atoms with E-state index in [4.69, 9.17) is 27.7 Å². The fourth-order valence-electron chi connectivity index (χ4n) is 0.222. The van der Waals surface area contributed by atoms with Crippen LogP contribution < -0.4 is 17.2 Å². The third-order valence-corrected chi connectivity index (χ3v) is 1.05. The van der Waals surface area contributed by atoms with Gasteiger partial charge in [0.25, 0.3) is 0 Å². The second kappa shape index (κ2) is 7.56. The Morgan fingerprint density at radius 3 is 1.87 bits per heavy atom. The second-order valence-corrected chi connectivity index (χ2v) is 2.88. The number of guanidine groups is 2. The summed E-state index contributed by atoms with van der Waals surface area (Å²) in [6, 6.07) is -0.731. The molecule has 1 atom stereocenters. The van der Waals surface area contributed by atoms with E-state index in [1.54, 1.807) is 14.1 Å². The molecule has 8 heteroatoms. The van der Waals surface area contributed by atoms with Crippen LogP contribution in [0, 0.1) is 5.41 Å². The monoisotopic (exact) mass is 218 g/mol. The fraction of sp³-hybridized carbons (Fsp3) is 0.571. The van der Waals surface area contributed by atoms with Crippen molar-refractivity contribution >= 4 is 17.9 Å². The summed E-state index contributed by atoms with van der Waals surface area (Å²) >= 11 is 0. The van der Waals surface area contributed by atoms with Crippen LogP contribution in [0.15, 0.2) is 4.99 Å². The van der Waals surface area contributed by atoms with Crippen molar-refractivity contribution in [1.82, 2.24) is 4.90 Å². The molecule has 8 nitrogen and oxygen atoms in total. The van der Waals surface area contributed by atoms with Gasteiger partial charge < -0.3 is 27.2 Å². The van der Waals surface area contributed by atoms with E-state index in [0.717, 1.165) is 0 Å². The molecule has 0 aliphatic carbocycles. The average molecular weight is 218 g/mol. The van der Waals surface area contributed by atoms with E-state index in [1.165, 1.54) is 11.8 Å². The lowest BCUT2D eigenvalue weighted by Gasteiger charge is -2.07. The zero-order valence-corrected chi connectivity index (χ0v) is 9.06. The first-order valence-corrected chi connectivity index (χ1v) is 4.02. The molecule has 0 aromatic carbocycles. The third kappa shape index (κ3) is 12.2. The van der Waals surface area contributed by atoms with Crippen LogP contribution >= 0.6 is 0 Å². The number of carboxylic acids is 1. The van der Waals surface area contributed by atoms with Crippen molar-refractivity contribution in [3.63, 3.8) is 0 Å². The van der Waals surface area contributed by atoms with Gasteiger partial charge in [0.05, 0.1) is 0 Å². The number of nitrogens with two attached hydrogens (primary N) is 3. The predicted molar refractivity (Wildman–Crippen MR) is 58.5 cm³/mol. The Bertz CT molecular complexity index is 244. The molecule has 0 heterocycles. The molecule has 1 unspecified atom stereocenters. The summed E-state index contributed by atoms with van der Waals surface area (Å²) in [5.41, 5.74) is 14.8. The van der Waals surface area contributed by atoms with E-state index in [9.17, 15) is 4.79 Å². The Kier molecular flexibility index (Phi) is 7.88. The quantitative estimate of drug-likeness (QED) is 0.257. The van der Waals surface area contributed by atoms with Crippen molar-refractivity contribution in [3.05, 3.63) is 0 Å². The highest BCUT2D eigenvalue weighted by atomic mass is 16.4. The van der Waals surface area contributed by atoms with Crippen LogP contribution in [0.3, 0.4) is 0 Å².